The lowest BCUT2D eigenvalue weighted by Gasteiger charge is -2.25. The monoisotopic (exact) mass is 434 g/mol. The number of ether oxygens (including phenoxy) is 1. The number of amides is 1. The number of sulfonamides is 1. The predicted molar refractivity (Wildman–Crippen MR) is 117 cm³/mol. The van der Waals surface area contributed by atoms with E-state index in [1.165, 1.54) is 11.8 Å². The molecule has 2 aromatic carbocycles. The van der Waals surface area contributed by atoms with E-state index < -0.39 is 10.0 Å². The first-order valence-corrected chi connectivity index (χ1v) is 12.2. The summed E-state index contributed by atoms with van der Waals surface area (Å²) in [6.07, 6.45) is 2.89. The van der Waals surface area contributed by atoms with Crippen molar-refractivity contribution in [2.75, 3.05) is 31.3 Å². The van der Waals surface area contributed by atoms with Crippen LogP contribution < -0.4 is 10.1 Å². The summed E-state index contributed by atoms with van der Waals surface area (Å²) in [5.74, 6) is 1.74. The fraction of sp³-hybridized carbons (Fsp3) is 0.381. The number of anilines is 1. The van der Waals surface area contributed by atoms with Gasteiger partial charge < -0.3 is 10.1 Å². The van der Waals surface area contributed by atoms with Crippen LogP contribution in [-0.2, 0) is 20.6 Å². The number of methoxy groups -OCH3 is 1. The number of carbonyl (C=O) groups excluding carboxylic acids is 1. The van der Waals surface area contributed by atoms with E-state index in [1.807, 2.05) is 24.3 Å². The standard InChI is InChI=1S/C21H26N2O4S2/c1-27-19-9-5-17(6-10-19)15-28-16-21(24)22-18-7-11-20(12-8-18)29(25,26)23-13-3-2-4-14-23/h5-12H,2-4,13-16H2,1H3,(H,22,24). The average molecular weight is 435 g/mol. The highest BCUT2D eigenvalue weighted by molar-refractivity contribution is 7.99. The van der Waals surface area contributed by atoms with Gasteiger partial charge in [0.1, 0.15) is 5.75 Å². The zero-order chi connectivity index (χ0) is 20.7. The Balaban J connectivity index is 1.49. The minimum absolute atomic E-state index is 0.116. The summed E-state index contributed by atoms with van der Waals surface area (Å²) in [7, 11) is -1.82. The van der Waals surface area contributed by atoms with E-state index in [2.05, 4.69) is 5.32 Å². The highest BCUT2D eigenvalue weighted by Gasteiger charge is 2.25. The smallest absolute Gasteiger partial charge is 0.243 e. The van der Waals surface area contributed by atoms with Crippen molar-refractivity contribution in [3.63, 3.8) is 0 Å². The summed E-state index contributed by atoms with van der Waals surface area (Å²) in [4.78, 5) is 12.4. The second kappa shape index (κ2) is 10.1. The van der Waals surface area contributed by atoms with Crippen molar-refractivity contribution < 1.29 is 17.9 Å². The number of benzene rings is 2. The molecule has 0 radical (unpaired) electrons. The first kappa shape index (κ1) is 21.7. The van der Waals surface area contributed by atoms with Crippen molar-refractivity contribution in [3.8, 4) is 5.75 Å². The zero-order valence-electron chi connectivity index (χ0n) is 16.5. The lowest BCUT2D eigenvalue weighted by atomic mass is 10.2. The third kappa shape index (κ3) is 5.98. The molecule has 8 heteroatoms. The fourth-order valence-electron chi connectivity index (χ4n) is 3.14. The van der Waals surface area contributed by atoms with Gasteiger partial charge in [-0.15, -0.1) is 11.8 Å². The highest BCUT2D eigenvalue weighted by Crippen LogP contribution is 2.22. The van der Waals surface area contributed by atoms with Crippen LogP contribution in [0.2, 0.25) is 0 Å². The number of thioether (sulfide) groups is 1. The molecule has 6 nitrogen and oxygen atoms in total. The zero-order valence-corrected chi connectivity index (χ0v) is 18.1. The third-order valence-corrected chi connectivity index (χ3v) is 7.67. The fourth-order valence-corrected chi connectivity index (χ4v) is 5.45. The number of hydrogen-bond acceptors (Lipinski definition) is 5. The SMILES string of the molecule is COc1ccc(CSCC(=O)Nc2ccc(S(=O)(=O)N3CCCCC3)cc2)cc1. The normalized spacial score (nSPS) is 15.1. The number of rotatable bonds is 8. The summed E-state index contributed by atoms with van der Waals surface area (Å²) in [5.41, 5.74) is 1.72. The van der Waals surface area contributed by atoms with Gasteiger partial charge in [-0.1, -0.05) is 18.6 Å². The van der Waals surface area contributed by atoms with Crippen molar-refractivity contribution in [2.24, 2.45) is 0 Å². The first-order chi connectivity index (χ1) is 14.0. The van der Waals surface area contributed by atoms with Gasteiger partial charge >= 0.3 is 0 Å². The second-order valence-corrected chi connectivity index (χ2v) is 9.80. The molecule has 1 saturated heterocycles. The molecule has 0 saturated carbocycles. The summed E-state index contributed by atoms with van der Waals surface area (Å²) < 4.78 is 32.0. The Kier molecular flexibility index (Phi) is 7.57. The largest absolute Gasteiger partial charge is 0.497 e. The molecule has 0 atom stereocenters. The van der Waals surface area contributed by atoms with Gasteiger partial charge in [-0.2, -0.15) is 4.31 Å². The molecule has 1 amide bonds. The van der Waals surface area contributed by atoms with Gasteiger partial charge in [-0.3, -0.25) is 4.79 Å². The Hall–Kier alpha value is -2.03. The molecule has 1 heterocycles. The maximum Gasteiger partial charge on any atom is 0.243 e. The lowest BCUT2D eigenvalue weighted by Crippen LogP contribution is -2.35. The number of carbonyl (C=O) groups is 1. The number of hydrogen-bond donors (Lipinski definition) is 1. The van der Waals surface area contributed by atoms with Crippen LogP contribution in [0.25, 0.3) is 0 Å². The van der Waals surface area contributed by atoms with Crippen LogP contribution in [0, 0.1) is 0 Å². The van der Waals surface area contributed by atoms with Crippen molar-refractivity contribution in [3.05, 3.63) is 54.1 Å². The summed E-state index contributed by atoms with van der Waals surface area (Å²) in [6, 6.07) is 14.2. The van der Waals surface area contributed by atoms with E-state index in [-0.39, 0.29) is 10.8 Å². The third-order valence-electron chi connectivity index (χ3n) is 4.75. The summed E-state index contributed by atoms with van der Waals surface area (Å²) in [6.45, 7) is 1.15. The van der Waals surface area contributed by atoms with E-state index in [1.54, 1.807) is 35.7 Å². The Bertz CT molecular complexity index is 907. The van der Waals surface area contributed by atoms with Gasteiger partial charge in [0.05, 0.1) is 17.8 Å². The van der Waals surface area contributed by atoms with Crippen molar-refractivity contribution in [2.45, 2.75) is 29.9 Å². The molecular formula is C21H26N2O4S2. The van der Waals surface area contributed by atoms with Gasteiger partial charge in [0.25, 0.3) is 0 Å². The molecule has 1 aliphatic heterocycles. The van der Waals surface area contributed by atoms with Crippen LogP contribution in [0.3, 0.4) is 0 Å². The Labute approximate surface area is 176 Å². The first-order valence-electron chi connectivity index (χ1n) is 9.60. The minimum atomic E-state index is -3.45. The van der Waals surface area contributed by atoms with Crippen LogP contribution in [0.5, 0.6) is 5.75 Å². The van der Waals surface area contributed by atoms with Crippen molar-refractivity contribution in [1.82, 2.24) is 4.31 Å². The molecule has 29 heavy (non-hydrogen) atoms. The Morgan fingerprint density at radius 2 is 1.69 bits per heavy atom. The minimum Gasteiger partial charge on any atom is -0.497 e. The quantitative estimate of drug-likeness (QED) is 0.685. The summed E-state index contributed by atoms with van der Waals surface area (Å²) in [5, 5.41) is 2.82. The van der Waals surface area contributed by atoms with E-state index in [0.29, 0.717) is 24.5 Å². The van der Waals surface area contributed by atoms with E-state index in [4.69, 9.17) is 4.74 Å². The number of nitrogens with zero attached hydrogens (tertiary/aromatic N) is 1. The molecule has 1 aliphatic rings. The topological polar surface area (TPSA) is 75.7 Å². The van der Waals surface area contributed by atoms with Gasteiger partial charge in [-0.05, 0) is 54.8 Å². The van der Waals surface area contributed by atoms with Crippen LogP contribution in [0.1, 0.15) is 24.8 Å². The molecule has 156 valence electrons. The average Bonchev–Trinajstić information content (AvgIpc) is 2.75. The van der Waals surface area contributed by atoms with E-state index >= 15 is 0 Å². The molecule has 3 rings (SSSR count). The number of piperidine rings is 1. The molecule has 0 aliphatic carbocycles. The van der Waals surface area contributed by atoms with Crippen molar-refractivity contribution >= 4 is 33.4 Å². The molecular weight excluding hydrogens is 408 g/mol. The van der Waals surface area contributed by atoms with Crippen LogP contribution in [-0.4, -0.2) is 44.6 Å². The van der Waals surface area contributed by atoms with Crippen LogP contribution >= 0.6 is 11.8 Å². The van der Waals surface area contributed by atoms with Gasteiger partial charge in [0.2, 0.25) is 15.9 Å². The molecule has 0 bridgehead atoms. The van der Waals surface area contributed by atoms with E-state index in [0.717, 1.165) is 36.3 Å². The van der Waals surface area contributed by atoms with Gasteiger partial charge in [0.15, 0.2) is 0 Å². The number of nitrogens with one attached hydrogen (secondary N) is 1. The molecule has 2 aromatic rings. The predicted octanol–water partition coefficient (Wildman–Crippen LogP) is 3.74. The lowest BCUT2D eigenvalue weighted by molar-refractivity contribution is -0.113. The Morgan fingerprint density at radius 1 is 1.03 bits per heavy atom. The molecule has 1 N–H and O–H groups in total. The van der Waals surface area contributed by atoms with Crippen molar-refractivity contribution in [1.29, 1.82) is 0 Å². The molecule has 0 aromatic heterocycles. The Morgan fingerprint density at radius 3 is 2.31 bits per heavy atom. The molecule has 1 fully saturated rings. The van der Waals surface area contributed by atoms with Gasteiger partial charge in [-0.25, -0.2) is 8.42 Å². The molecule has 0 unspecified atom stereocenters. The highest BCUT2D eigenvalue weighted by atomic mass is 32.2. The van der Waals surface area contributed by atoms with Crippen LogP contribution in [0.15, 0.2) is 53.4 Å². The van der Waals surface area contributed by atoms with Crippen LogP contribution in [0.4, 0.5) is 5.69 Å². The second-order valence-electron chi connectivity index (χ2n) is 6.88. The summed E-state index contributed by atoms with van der Waals surface area (Å²) >= 11 is 1.52. The maximum absolute atomic E-state index is 12.7. The van der Waals surface area contributed by atoms with Gasteiger partial charge in [0, 0.05) is 24.5 Å². The van der Waals surface area contributed by atoms with E-state index in [9.17, 15) is 13.2 Å². The maximum atomic E-state index is 12.7. The molecule has 0 spiro atoms.